The predicted octanol–water partition coefficient (Wildman–Crippen LogP) is 5.74. The topological polar surface area (TPSA) is 46.9 Å². The van der Waals surface area contributed by atoms with Crippen molar-refractivity contribution in [3.63, 3.8) is 0 Å². The Labute approximate surface area is 171 Å². The van der Waals surface area contributed by atoms with Crippen LogP contribution in [0.5, 0.6) is 0 Å². The molecule has 1 amide bonds. The standard InChI is InChI=1S/C19H12ClF6N3O/c20-16-3-1-2-15(19(24,25)26)14(16)8-17(30)28-12-4-6-13(7-5-12)29-10-11(9-27-29)18(21,22)23/h1-7,9-10H,8H2,(H,28,30). The minimum Gasteiger partial charge on any atom is -0.326 e. The number of carbonyl (C=O) groups is 1. The number of halogens is 7. The van der Waals surface area contributed by atoms with Gasteiger partial charge in [-0.15, -0.1) is 0 Å². The molecule has 2 aromatic carbocycles. The van der Waals surface area contributed by atoms with Crippen molar-refractivity contribution in [2.45, 2.75) is 18.8 Å². The van der Waals surface area contributed by atoms with Crippen LogP contribution in [0.25, 0.3) is 5.69 Å². The van der Waals surface area contributed by atoms with Crippen molar-refractivity contribution in [3.8, 4) is 5.69 Å². The molecule has 0 radical (unpaired) electrons. The molecule has 0 spiro atoms. The maximum absolute atomic E-state index is 13.1. The Hall–Kier alpha value is -3.01. The highest BCUT2D eigenvalue weighted by molar-refractivity contribution is 6.31. The second-order valence-corrected chi connectivity index (χ2v) is 6.61. The molecule has 0 aliphatic heterocycles. The van der Waals surface area contributed by atoms with E-state index in [0.717, 1.165) is 23.0 Å². The van der Waals surface area contributed by atoms with Gasteiger partial charge in [0.2, 0.25) is 5.91 Å². The molecule has 0 saturated carbocycles. The van der Waals surface area contributed by atoms with Gasteiger partial charge in [-0.25, -0.2) is 4.68 Å². The molecule has 4 nitrogen and oxygen atoms in total. The van der Waals surface area contributed by atoms with Crippen LogP contribution in [0.4, 0.5) is 32.0 Å². The van der Waals surface area contributed by atoms with Gasteiger partial charge in [0.05, 0.1) is 29.4 Å². The van der Waals surface area contributed by atoms with Gasteiger partial charge in [-0.3, -0.25) is 4.79 Å². The van der Waals surface area contributed by atoms with Crippen LogP contribution < -0.4 is 5.32 Å². The van der Waals surface area contributed by atoms with E-state index >= 15 is 0 Å². The number of anilines is 1. The van der Waals surface area contributed by atoms with Gasteiger partial charge >= 0.3 is 12.4 Å². The molecule has 0 fully saturated rings. The van der Waals surface area contributed by atoms with Crippen LogP contribution in [-0.2, 0) is 23.6 Å². The first kappa shape index (κ1) is 21.7. The zero-order valence-electron chi connectivity index (χ0n) is 14.9. The minimum absolute atomic E-state index is 0.186. The van der Waals surface area contributed by atoms with Crippen molar-refractivity contribution in [2.24, 2.45) is 0 Å². The molecular weight excluding hydrogens is 436 g/mol. The lowest BCUT2D eigenvalue weighted by atomic mass is 10.0. The summed E-state index contributed by atoms with van der Waals surface area (Å²) >= 11 is 5.84. The van der Waals surface area contributed by atoms with E-state index in [-0.39, 0.29) is 16.3 Å². The number of nitrogens with one attached hydrogen (secondary N) is 1. The molecule has 158 valence electrons. The third-order valence-corrected chi connectivity index (χ3v) is 4.44. The van der Waals surface area contributed by atoms with Crippen LogP contribution in [0.15, 0.2) is 54.9 Å². The van der Waals surface area contributed by atoms with Crippen LogP contribution >= 0.6 is 11.6 Å². The number of nitrogens with zero attached hydrogens (tertiary/aromatic N) is 2. The zero-order chi connectivity index (χ0) is 22.1. The highest BCUT2D eigenvalue weighted by atomic mass is 35.5. The van der Waals surface area contributed by atoms with Crippen molar-refractivity contribution >= 4 is 23.2 Å². The van der Waals surface area contributed by atoms with Gasteiger partial charge in [-0.2, -0.15) is 31.4 Å². The average molecular weight is 448 g/mol. The Balaban J connectivity index is 1.73. The Kier molecular flexibility index (Phi) is 5.80. The molecule has 0 aliphatic rings. The summed E-state index contributed by atoms with van der Waals surface area (Å²) < 4.78 is 78.3. The van der Waals surface area contributed by atoms with Crippen molar-refractivity contribution in [3.05, 3.63) is 76.6 Å². The summed E-state index contributed by atoms with van der Waals surface area (Å²) in [5, 5.41) is 5.87. The van der Waals surface area contributed by atoms with Crippen LogP contribution in [0.1, 0.15) is 16.7 Å². The van der Waals surface area contributed by atoms with Crippen molar-refractivity contribution in [1.82, 2.24) is 9.78 Å². The number of carbonyl (C=O) groups excluding carboxylic acids is 1. The van der Waals surface area contributed by atoms with Gasteiger partial charge in [0.1, 0.15) is 0 Å². The van der Waals surface area contributed by atoms with E-state index in [2.05, 4.69) is 10.4 Å². The number of benzene rings is 2. The van der Waals surface area contributed by atoms with Crippen molar-refractivity contribution in [2.75, 3.05) is 5.32 Å². The summed E-state index contributed by atoms with van der Waals surface area (Å²) in [4.78, 5) is 12.2. The first-order valence-electron chi connectivity index (χ1n) is 8.32. The lowest BCUT2D eigenvalue weighted by molar-refractivity contribution is -0.138. The zero-order valence-corrected chi connectivity index (χ0v) is 15.6. The number of hydrogen-bond donors (Lipinski definition) is 1. The number of hydrogen-bond acceptors (Lipinski definition) is 2. The second-order valence-electron chi connectivity index (χ2n) is 6.21. The van der Waals surface area contributed by atoms with Crippen LogP contribution in [0.2, 0.25) is 5.02 Å². The highest BCUT2D eigenvalue weighted by Gasteiger charge is 2.34. The predicted molar refractivity (Wildman–Crippen MR) is 97.4 cm³/mol. The van der Waals surface area contributed by atoms with Gasteiger partial charge in [0.25, 0.3) is 0 Å². The third-order valence-electron chi connectivity index (χ3n) is 4.09. The summed E-state index contributed by atoms with van der Waals surface area (Å²) in [7, 11) is 0. The number of amides is 1. The first-order chi connectivity index (χ1) is 13.9. The smallest absolute Gasteiger partial charge is 0.326 e. The summed E-state index contributed by atoms with van der Waals surface area (Å²) in [6.07, 6.45) is -8.31. The van der Waals surface area contributed by atoms with Gasteiger partial charge in [0, 0.05) is 16.9 Å². The van der Waals surface area contributed by atoms with Crippen LogP contribution in [0, 0.1) is 0 Å². The minimum atomic E-state index is -4.67. The van der Waals surface area contributed by atoms with E-state index in [1.807, 2.05) is 0 Å². The molecule has 0 unspecified atom stereocenters. The quantitative estimate of drug-likeness (QED) is 0.518. The molecule has 30 heavy (non-hydrogen) atoms. The average Bonchev–Trinajstić information content (AvgIpc) is 3.13. The van der Waals surface area contributed by atoms with Crippen LogP contribution in [-0.4, -0.2) is 15.7 Å². The number of alkyl halides is 6. The number of aromatic nitrogens is 2. The van der Waals surface area contributed by atoms with E-state index < -0.39 is 35.8 Å². The maximum atomic E-state index is 13.1. The Morgan fingerprint density at radius 2 is 1.67 bits per heavy atom. The molecule has 0 aliphatic carbocycles. The lowest BCUT2D eigenvalue weighted by Gasteiger charge is -2.14. The fourth-order valence-electron chi connectivity index (χ4n) is 2.68. The van der Waals surface area contributed by atoms with E-state index in [9.17, 15) is 31.1 Å². The molecule has 1 heterocycles. The van der Waals surface area contributed by atoms with Crippen molar-refractivity contribution < 1.29 is 31.1 Å². The van der Waals surface area contributed by atoms with Crippen molar-refractivity contribution in [1.29, 1.82) is 0 Å². The second kappa shape index (κ2) is 8.02. The Morgan fingerprint density at radius 3 is 2.23 bits per heavy atom. The fraction of sp³-hybridized carbons (Fsp3) is 0.158. The molecule has 3 aromatic rings. The summed E-state index contributed by atoms with van der Waals surface area (Å²) in [6, 6.07) is 8.82. The molecule has 0 saturated heterocycles. The SMILES string of the molecule is O=C(Cc1c(Cl)cccc1C(F)(F)F)Nc1ccc(-n2cc(C(F)(F)F)cn2)cc1. The fourth-order valence-corrected chi connectivity index (χ4v) is 2.92. The van der Waals surface area contributed by atoms with Gasteiger partial charge < -0.3 is 5.32 Å². The van der Waals surface area contributed by atoms with Gasteiger partial charge in [-0.05, 0) is 42.0 Å². The van der Waals surface area contributed by atoms with E-state index in [1.54, 1.807) is 0 Å². The number of rotatable bonds is 4. The molecule has 0 bridgehead atoms. The maximum Gasteiger partial charge on any atom is 0.419 e. The summed E-state index contributed by atoms with van der Waals surface area (Å²) in [6.45, 7) is 0. The van der Waals surface area contributed by atoms with E-state index in [1.165, 1.54) is 30.3 Å². The highest BCUT2D eigenvalue weighted by Crippen LogP contribution is 2.35. The van der Waals surface area contributed by atoms with Gasteiger partial charge in [0.15, 0.2) is 0 Å². The third kappa shape index (κ3) is 4.93. The molecule has 11 heteroatoms. The molecule has 0 atom stereocenters. The molecule has 1 N–H and O–H groups in total. The van der Waals surface area contributed by atoms with E-state index in [4.69, 9.17) is 11.6 Å². The lowest BCUT2D eigenvalue weighted by Crippen LogP contribution is -2.18. The summed E-state index contributed by atoms with van der Waals surface area (Å²) in [5.41, 5.74) is -1.72. The summed E-state index contributed by atoms with van der Waals surface area (Å²) in [5.74, 6) is -0.736. The Bertz CT molecular complexity index is 1060. The first-order valence-corrected chi connectivity index (χ1v) is 8.69. The van der Waals surface area contributed by atoms with E-state index in [0.29, 0.717) is 11.9 Å². The van der Waals surface area contributed by atoms with Gasteiger partial charge in [-0.1, -0.05) is 17.7 Å². The monoisotopic (exact) mass is 447 g/mol. The molecular formula is C19H12ClF6N3O. The van der Waals surface area contributed by atoms with Crippen LogP contribution in [0.3, 0.4) is 0 Å². The Morgan fingerprint density at radius 1 is 1.00 bits per heavy atom. The normalized spacial score (nSPS) is 12.1. The molecule has 1 aromatic heterocycles. The molecule has 3 rings (SSSR count). The largest absolute Gasteiger partial charge is 0.419 e.